The number of rotatable bonds is 22. The Morgan fingerprint density at radius 2 is 0.957 bits per heavy atom. The summed E-state index contributed by atoms with van der Waals surface area (Å²) in [6.45, 7) is 18.1. The summed E-state index contributed by atoms with van der Waals surface area (Å²) in [5, 5.41) is 11.9. The highest BCUT2D eigenvalue weighted by Gasteiger charge is 2.42. The molecule has 0 radical (unpaired) electrons. The molecule has 0 bridgehead atoms. The summed E-state index contributed by atoms with van der Waals surface area (Å²) in [5.74, 6) is 11.0. The van der Waals surface area contributed by atoms with Crippen LogP contribution in [0.15, 0.2) is 60.7 Å². The van der Waals surface area contributed by atoms with Crippen LogP contribution in [0.5, 0.6) is 0 Å². The number of carbonyl (C=O) groups excluding carboxylic acids is 6. The maximum atomic E-state index is 14.2. The summed E-state index contributed by atoms with van der Waals surface area (Å²) in [4.78, 5) is 89.4. The van der Waals surface area contributed by atoms with Crippen LogP contribution in [0.4, 0.5) is 0 Å². The first-order chi connectivity index (χ1) is 33.2. The first kappa shape index (κ1) is 56.9. The second-order valence-electron chi connectivity index (χ2n) is 21.0. The monoisotopic (exact) mass is 963 g/mol. The Morgan fingerprint density at radius 3 is 1.29 bits per heavy atom. The number of hydrogen-bond acceptors (Lipinski definition) is 8. The summed E-state index contributed by atoms with van der Waals surface area (Å²) in [6.07, 6.45) is 5.48. The van der Waals surface area contributed by atoms with Crippen molar-refractivity contribution in [1.29, 1.82) is 0 Å². The SMILES string of the molecule is CN[C@@H](C)C(=O)N[C@H](C(=O)N1CCC[C@H]1CN(CCc1ccccc1)C(=O)CCC#CC#CCCC(=O)N(CCc1ccccc1)C[C@@H]1CCCN1C(=O)[C@@H](NC(=O)[C@H](C)NC)C(C)(C)C)C(C)(C)C. The van der Waals surface area contributed by atoms with Crippen molar-refractivity contribution in [1.82, 2.24) is 40.9 Å². The molecule has 4 rings (SSSR count). The van der Waals surface area contributed by atoms with Gasteiger partial charge in [-0.1, -0.05) is 114 Å². The van der Waals surface area contributed by atoms with E-state index in [1.807, 2.05) is 122 Å². The minimum atomic E-state index is -0.722. The molecule has 70 heavy (non-hydrogen) atoms. The van der Waals surface area contributed by atoms with Gasteiger partial charge in [0.05, 0.1) is 12.1 Å². The number of nitrogens with zero attached hydrogens (tertiary/aromatic N) is 4. The number of amides is 6. The molecule has 2 aliphatic heterocycles. The topological polar surface area (TPSA) is 163 Å². The van der Waals surface area contributed by atoms with Crippen LogP contribution in [0.2, 0.25) is 0 Å². The molecule has 0 spiro atoms. The van der Waals surface area contributed by atoms with E-state index in [1.54, 1.807) is 27.9 Å². The maximum Gasteiger partial charge on any atom is 0.246 e. The summed E-state index contributed by atoms with van der Waals surface area (Å²) >= 11 is 0. The quantitative estimate of drug-likeness (QED) is 0.121. The van der Waals surface area contributed by atoms with Crippen molar-refractivity contribution in [3.63, 3.8) is 0 Å². The lowest BCUT2D eigenvalue weighted by Gasteiger charge is -2.37. The summed E-state index contributed by atoms with van der Waals surface area (Å²) in [7, 11) is 3.42. The molecule has 0 unspecified atom stereocenters. The van der Waals surface area contributed by atoms with E-state index in [0.717, 1.165) is 36.8 Å². The molecule has 4 N–H and O–H groups in total. The highest BCUT2D eigenvalue weighted by molar-refractivity contribution is 5.91. The lowest BCUT2D eigenvalue weighted by molar-refractivity contribution is -0.142. The third kappa shape index (κ3) is 17.6. The zero-order valence-electron chi connectivity index (χ0n) is 43.8. The number of likely N-dealkylation sites (tertiary alicyclic amines) is 2. The molecular formula is C56H82N8O6. The van der Waals surface area contributed by atoms with Gasteiger partial charge in [-0.2, -0.15) is 0 Å². The Hall–Kier alpha value is -5.70. The molecule has 382 valence electrons. The first-order valence-corrected chi connectivity index (χ1v) is 25.4. The molecule has 14 heteroatoms. The number of hydrogen-bond donors (Lipinski definition) is 4. The van der Waals surface area contributed by atoms with Gasteiger partial charge in [0, 0.05) is 77.0 Å². The average molecular weight is 963 g/mol. The van der Waals surface area contributed by atoms with E-state index in [4.69, 9.17) is 0 Å². The largest absolute Gasteiger partial charge is 0.342 e. The first-order valence-electron chi connectivity index (χ1n) is 25.4. The predicted octanol–water partition coefficient (Wildman–Crippen LogP) is 4.96. The van der Waals surface area contributed by atoms with Crippen LogP contribution >= 0.6 is 0 Å². The van der Waals surface area contributed by atoms with Gasteiger partial charge in [-0.25, -0.2) is 0 Å². The van der Waals surface area contributed by atoms with Gasteiger partial charge in [0.25, 0.3) is 0 Å². The third-order valence-electron chi connectivity index (χ3n) is 13.5. The molecule has 2 heterocycles. The van der Waals surface area contributed by atoms with E-state index in [1.165, 1.54) is 0 Å². The summed E-state index contributed by atoms with van der Waals surface area (Å²) < 4.78 is 0. The second-order valence-corrected chi connectivity index (χ2v) is 21.0. The van der Waals surface area contributed by atoms with Crippen LogP contribution in [-0.4, -0.2) is 145 Å². The van der Waals surface area contributed by atoms with E-state index in [0.29, 0.717) is 65.0 Å². The fourth-order valence-electron chi connectivity index (χ4n) is 8.89. The Morgan fingerprint density at radius 1 is 0.600 bits per heavy atom. The average Bonchev–Trinajstić information content (AvgIpc) is 4.01. The molecule has 0 saturated carbocycles. The van der Waals surface area contributed by atoms with E-state index in [2.05, 4.69) is 44.9 Å². The Balaban J connectivity index is 1.39. The lowest BCUT2D eigenvalue weighted by Crippen LogP contribution is -2.59. The Labute approximate surface area is 419 Å². The lowest BCUT2D eigenvalue weighted by atomic mass is 9.85. The van der Waals surface area contributed by atoms with E-state index >= 15 is 0 Å². The molecule has 0 aliphatic carbocycles. The van der Waals surface area contributed by atoms with Crippen molar-refractivity contribution in [3.05, 3.63) is 71.8 Å². The number of likely N-dealkylation sites (N-methyl/N-ethyl adjacent to an activating group) is 2. The van der Waals surface area contributed by atoms with Crippen LogP contribution < -0.4 is 21.3 Å². The molecule has 2 aromatic rings. The van der Waals surface area contributed by atoms with Crippen molar-refractivity contribution in [3.8, 4) is 23.7 Å². The van der Waals surface area contributed by atoms with Crippen LogP contribution in [0.3, 0.4) is 0 Å². The summed E-state index contributed by atoms with van der Waals surface area (Å²) in [6, 6.07) is 17.3. The molecule has 14 nitrogen and oxygen atoms in total. The normalized spacial score (nSPS) is 17.5. The molecular weight excluding hydrogens is 881 g/mol. The summed E-state index contributed by atoms with van der Waals surface area (Å²) in [5.41, 5.74) is 1.18. The van der Waals surface area contributed by atoms with Gasteiger partial charge in [-0.3, -0.25) is 28.8 Å². The van der Waals surface area contributed by atoms with Crippen molar-refractivity contribution in [2.24, 2.45) is 10.8 Å². The fourth-order valence-corrected chi connectivity index (χ4v) is 8.89. The number of carbonyl (C=O) groups is 6. The van der Waals surface area contributed by atoms with Crippen molar-refractivity contribution in [2.75, 3.05) is 53.4 Å². The Kier molecular flexibility index (Phi) is 22.5. The smallest absolute Gasteiger partial charge is 0.246 e. The van der Waals surface area contributed by atoms with Crippen molar-refractivity contribution >= 4 is 35.4 Å². The molecule has 6 amide bonds. The van der Waals surface area contributed by atoms with Crippen LogP contribution in [0, 0.1) is 34.5 Å². The van der Waals surface area contributed by atoms with Gasteiger partial charge in [0.2, 0.25) is 35.4 Å². The molecule has 6 atom stereocenters. The van der Waals surface area contributed by atoms with E-state index in [9.17, 15) is 28.8 Å². The van der Waals surface area contributed by atoms with Gasteiger partial charge in [0.1, 0.15) is 12.1 Å². The van der Waals surface area contributed by atoms with Crippen molar-refractivity contribution in [2.45, 2.75) is 156 Å². The van der Waals surface area contributed by atoms with Crippen LogP contribution in [0.25, 0.3) is 0 Å². The fraction of sp³-hybridized carbons (Fsp3) is 0.607. The van der Waals surface area contributed by atoms with E-state index in [-0.39, 0.29) is 60.4 Å². The Bertz CT molecular complexity index is 2010. The maximum absolute atomic E-state index is 14.2. The zero-order chi connectivity index (χ0) is 51.4. The zero-order valence-corrected chi connectivity index (χ0v) is 43.8. The van der Waals surface area contributed by atoms with Gasteiger partial charge < -0.3 is 40.9 Å². The minimum Gasteiger partial charge on any atom is -0.342 e. The van der Waals surface area contributed by atoms with Gasteiger partial charge >= 0.3 is 0 Å². The van der Waals surface area contributed by atoms with Crippen LogP contribution in [0.1, 0.15) is 118 Å². The number of benzene rings is 2. The predicted molar refractivity (Wildman–Crippen MR) is 277 cm³/mol. The van der Waals surface area contributed by atoms with Gasteiger partial charge in [0.15, 0.2) is 0 Å². The minimum absolute atomic E-state index is 0.0493. The second kappa shape index (κ2) is 27.6. The molecule has 2 aromatic carbocycles. The highest BCUT2D eigenvalue weighted by Crippen LogP contribution is 2.28. The van der Waals surface area contributed by atoms with Crippen LogP contribution in [-0.2, 0) is 41.6 Å². The van der Waals surface area contributed by atoms with Crippen molar-refractivity contribution < 1.29 is 28.8 Å². The molecule has 2 fully saturated rings. The molecule has 2 saturated heterocycles. The number of nitrogens with one attached hydrogen (secondary N) is 4. The molecule has 0 aromatic heterocycles. The molecule has 2 aliphatic rings. The highest BCUT2D eigenvalue weighted by atomic mass is 16.2. The standard InChI is InChI=1S/C56H82N8O6/c1-41(57-9)51(67)59-49(55(3,4)5)53(69)63-35-23-29-45(63)39-61(37-33-43-25-17-15-18-26-43)47(65)31-21-13-11-12-14-22-32-48(66)62(38-34-44-27-19-16-20-28-44)40-46-30-24-36-64(46)54(70)50(56(6,7)8)60-52(68)42(2)58-10/h15-20,25-28,41-42,45-46,49-50,57-58H,21-24,29-40H2,1-10H3,(H,59,67)(H,60,68)/t41-,42-,45-,46-,49+,50+/m0/s1. The van der Waals surface area contributed by atoms with Gasteiger partial charge in [-0.15, -0.1) is 0 Å². The third-order valence-corrected chi connectivity index (χ3v) is 13.5. The van der Waals surface area contributed by atoms with Gasteiger partial charge in [-0.05, 0) is 100 Å². The van der Waals surface area contributed by atoms with E-state index < -0.39 is 35.0 Å².